The van der Waals surface area contributed by atoms with Crippen LogP contribution in [0.25, 0.3) is 0 Å². The van der Waals surface area contributed by atoms with Gasteiger partial charge in [-0.05, 0) is 77.0 Å². The maximum absolute atomic E-state index is 12.9. The van der Waals surface area contributed by atoms with Gasteiger partial charge >= 0.3 is 17.9 Å². The second-order valence-corrected chi connectivity index (χ2v) is 23.4. The van der Waals surface area contributed by atoms with Gasteiger partial charge in [0.05, 0.1) is 0 Å². The van der Waals surface area contributed by atoms with Gasteiger partial charge in [-0.25, -0.2) is 0 Å². The van der Waals surface area contributed by atoms with Crippen LogP contribution in [-0.2, 0) is 28.6 Å². The molecule has 78 heavy (non-hydrogen) atoms. The Labute approximate surface area is 486 Å². The molecule has 0 saturated carbocycles. The molecule has 0 fully saturated rings. The second-order valence-electron chi connectivity index (χ2n) is 23.4. The van der Waals surface area contributed by atoms with E-state index in [9.17, 15) is 14.4 Å². The first-order valence-electron chi connectivity index (χ1n) is 34.6. The summed E-state index contributed by atoms with van der Waals surface area (Å²) in [7, 11) is 0. The highest BCUT2D eigenvalue weighted by Crippen LogP contribution is 2.18. The highest BCUT2D eigenvalue weighted by atomic mass is 16.6. The Morgan fingerprint density at radius 1 is 0.269 bits per heavy atom. The number of hydrogen-bond acceptors (Lipinski definition) is 6. The van der Waals surface area contributed by atoms with Crippen molar-refractivity contribution < 1.29 is 28.6 Å². The topological polar surface area (TPSA) is 78.9 Å². The minimum atomic E-state index is -0.781. The molecule has 1 unspecified atom stereocenters. The summed E-state index contributed by atoms with van der Waals surface area (Å²) in [5.41, 5.74) is 0. The highest BCUT2D eigenvalue weighted by Gasteiger charge is 2.19. The summed E-state index contributed by atoms with van der Waals surface area (Å²) in [6.07, 6.45) is 84.3. The van der Waals surface area contributed by atoms with E-state index >= 15 is 0 Å². The van der Waals surface area contributed by atoms with Crippen molar-refractivity contribution in [2.45, 2.75) is 380 Å². The van der Waals surface area contributed by atoms with E-state index in [-0.39, 0.29) is 31.1 Å². The maximum Gasteiger partial charge on any atom is 0.306 e. The second kappa shape index (κ2) is 66.9. The molecule has 0 aromatic heterocycles. The van der Waals surface area contributed by atoms with Crippen molar-refractivity contribution in [3.63, 3.8) is 0 Å². The average Bonchev–Trinajstić information content (AvgIpc) is 3.44. The first-order valence-corrected chi connectivity index (χ1v) is 34.6. The third kappa shape index (κ3) is 64.2. The van der Waals surface area contributed by atoms with Gasteiger partial charge in [-0.2, -0.15) is 0 Å². The third-order valence-electron chi connectivity index (χ3n) is 15.6. The highest BCUT2D eigenvalue weighted by molar-refractivity contribution is 5.71. The number of unbranched alkanes of at least 4 members (excludes halogenated alkanes) is 45. The van der Waals surface area contributed by atoms with Gasteiger partial charge < -0.3 is 14.2 Å². The zero-order chi connectivity index (χ0) is 56.4. The van der Waals surface area contributed by atoms with Crippen LogP contribution < -0.4 is 0 Å². The normalized spacial score (nSPS) is 12.3. The van der Waals surface area contributed by atoms with Gasteiger partial charge in [0.2, 0.25) is 0 Å². The molecule has 1 atom stereocenters. The van der Waals surface area contributed by atoms with E-state index in [1.807, 2.05) is 0 Å². The molecule has 0 spiro atoms. The van der Waals surface area contributed by atoms with Crippen molar-refractivity contribution in [2.24, 2.45) is 0 Å². The van der Waals surface area contributed by atoms with Crippen LogP contribution >= 0.6 is 0 Å². The molecule has 0 N–H and O–H groups in total. The SMILES string of the molecule is CC/C=C\C/C=C\C/C=C\CCCCCCCCCC(=O)OC(COC(=O)CCCCCCC/C=C\CCCCCCCC)COC(=O)CCCCCCCCCCCCCCCCCCCCCCCCCCCCCC. The smallest absolute Gasteiger partial charge is 0.306 e. The fourth-order valence-electron chi connectivity index (χ4n) is 10.4. The molecule has 6 nitrogen and oxygen atoms in total. The molecule has 6 heteroatoms. The van der Waals surface area contributed by atoms with Gasteiger partial charge in [0, 0.05) is 19.3 Å². The molecule has 0 radical (unpaired) electrons. The molecular formula is C72H132O6. The summed E-state index contributed by atoms with van der Waals surface area (Å²) >= 11 is 0. The molecular weight excluding hydrogens is 961 g/mol. The van der Waals surface area contributed by atoms with E-state index in [4.69, 9.17) is 14.2 Å². The predicted molar refractivity (Wildman–Crippen MR) is 339 cm³/mol. The Morgan fingerprint density at radius 3 is 0.795 bits per heavy atom. The van der Waals surface area contributed by atoms with Gasteiger partial charge in [-0.3, -0.25) is 14.4 Å². The Kier molecular flexibility index (Phi) is 64.6. The first-order chi connectivity index (χ1) is 38.5. The summed E-state index contributed by atoms with van der Waals surface area (Å²) in [5, 5.41) is 0. The number of ether oxygens (including phenoxy) is 3. The van der Waals surface area contributed by atoms with Gasteiger partial charge in [-0.15, -0.1) is 0 Å². The van der Waals surface area contributed by atoms with E-state index in [0.29, 0.717) is 19.3 Å². The molecule has 0 heterocycles. The monoisotopic (exact) mass is 1090 g/mol. The Bertz CT molecular complexity index is 1350. The first kappa shape index (κ1) is 75.4. The molecule has 0 rings (SSSR count). The van der Waals surface area contributed by atoms with E-state index < -0.39 is 6.10 Å². The van der Waals surface area contributed by atoms with Crippen molar-refractivity contribution in [2.75, 3.05) is 13.2 Å². The molecule has 0 aliphatic heterocycles. The van der Waals surface area contributed by atoms with Crippen molar-refractivity contribution in [1.29, 1.82) is 0 Å². The van der Waals surface area contributed by atoms with Crippen LogP contribution in [0.2, 0.25) is 0 Å². The fraction of sp³-hybridized carbons (Fsp3) is 0.847. The molecule has 0 aliphatic carbocycles. The van der Waals surface area contributed by atoms with Crippen LogP contribution in [0.3, 0.4) is 0 Å². The van der Waals surface area contributed by atoms with E-state index in [1.54, 1.807) is 0 Å². The van der Waals surface area contributed by atoms with Crippen LogP contribution in [0, 0.1) is 0 Å². The zero-order valence-electron chi connectivity index (χ0n) is 52.5. The number of allylic oxidation sites excluding steroid dienone is 8. The molecule has 0 aromatic rings. The lowest BCUT2D eigenvalue weighted by Crippen LogP contribution is -2.30. The van der Waals surface area contributed by atoms with Gasteiger partial charge in [0.1, 0.15) is 13.2 Å². The van der Waals surface area contributed by atoms with Crippen LogP contribution in [-0.4, -0.2) is 37.2 Å². The van der Waals surface area contributed by atoms with Crippen molar-refractivity contribution in [1.82, 2.24) is 0 Å². The number of carbonyl (C=O) groups is 3. The molecule has 0 bridgehead atoms. The van der Waals surface area contributed by atoms with Crippen molar-refractivity contribution in [3.8, 4) is 0 Å². The lowest BCUT2D eigenvalue weighted by atomic mass is 10.0. The summed E-state index contributed by atoms with van der Waals surface area (Å²) in [5.74, 6) is -0.871. The Morgan fingerprint density at radius 2 is 0.500 bits per heavy atom. The lowest BCUT2D eigenvalue weighted by Gasteiger charge is -2.18. The Balaban J connectivity index is 4.22. The van der Waals surface area contributed by atoms with E-state index in [2.05, 4.69) is 69.4 Å². The average molecular weight is 1090 g/mol. The van der Waals surface area contributed by atoms with Gasteiger partial charge in [-0.1, -0.05) is 326 Å². The maximum atomic E-state index is 12.9. The summed E-state index contributed by atoms with van der Waals surface area (Å²) in [4.78, 5) is 38.4. The third-order valence-corrected chi connectivity index (χ3v) is 15.6. The van der Waals surface area contributed by atoms with Crippen molar-refractivity contribution >= 4 is 17.9 Å². The molecule has 0 aromatic carbocycles. The molecule has 0 amide bonds. The van der Waals surface area contributed by atoms with Gasteiger partial charge in [0.15, 0.2) is 6.10 Å². The predicted octanol–water partition coefficient (Wildman–Crippen LogP) is 23.7. The van der Waals surface area contributed by atoms with Crippen molar-refractivity contribution in [3.05, 3.63) is 48.6 Å². The summed E-state index contributed by atoms with van der Waals surface area (Å²) < 4.78 is 17.0. The number of rotatable bonds is 64. The minimum absolute atomic E-state index is 0.0761. The summed E-state index contributed by atoms with van der Waals surface area (Å²) in [6.45, 7) is 6.57. The zero-order valence-corrected chi connectivity index (χ0v) is 52.5. The molecule has 0 aliphatic rings. The van der Waals surface area contributed by atoms with Crippen LogP contribution in [0.15, 0.2) is 48.6 Å². The standard InChI is InChI=1S/C72H132O6/c1-4-7-10-13-16-19-22-25-28-30-31-32-33-34-35-36-37-38-39-40-42-44-47-50-53-56-59-62-65-71(74)77-68-69(67-76-70(73)64-61-58-55-52-49-46-43-27-24-21-18-15-12-9-6-3)78-72(75)66-63-60-57-54-51-48-45-41-29-26-23-20-17-14-11-8-5-2/h8,11,17,20,26-27,29,43,69H,4-7,9-10,12-16,18-19,21-25,28,30-42,44-68H2,1-3H3/b11-8-,20-17-,29-26-,43-27-. The van der Waals surface area contributed by atoms with Crippen LogP contribution in [0.5, 0.6) is 0 Å². The van der Waals surface area contributed by atoms with Crippen LogP contribution in [0.1, 0.15) is 374 Å². The van der Waals surface area contributed by atoms with Crippen LogP contribution in [0.4, 0.5) is 0 Å². The quantitative estimate of drug-likeness (QED) is 0.0261. The molecule has 0 saturated heterocycles. The number of esters is 3. The number of carbonyl (C=O) groups excluding carboxylic acids is 3. The number of hydrogen-bond donors (Lipinski definition) is 0. The largest absolute Gasteiger partial charge is 0.462 e. The summed E-state index contributed by atoms with van der Waals surface area (Å²) in [6, 6.07) is 0. The minimum Gasteiger partial charge on any atom is -0.462 e. The fourth-order valence-corrected chi connectivity index (χ4v) is 10.4. The lowest BCUT2D eigenvalue weighted by molar-refractivity contribution is -0.167. The van der Waals surface area contributed by atoms with E-state index in [0.717, 1.165) is 89.9 Å². The van der Waals surface area contributed by atoms with Gasteiger partial charge in [0.25, 0.3) is 0 Å². The Hall–Kier alpha value is -2.63. The van der Waals surface area contributed by atoms with E-state index in [1.165, 1.54) is 244 Å². The molecule has 456 valence electrons.